The third-order valence-electron chi connectivity index (χ3n) is 7.37. The van der Waals surface area contributed by atoms with Crippen LogP contribution in [0, 0.1) is 6.92 Å². The summed E-state index contributed by atoms with van der Waals surface area (Å²) in [6.45, 7) is 10.0. The SMILES string of the molecule is Cc1cc(Nc2ncnc3cnc(N4CCN(C(=O)OC(C)(C)C)CC4)nc23)ccc1Cc1ccc2c(c1)ncn2C. The number of carbonyl (C=O) groups excluding carboxylic acids is 1. The van der Waals surface area contributed by atoms with Crippen molar-refractivity contribution < 1.29 is 9.53 Å². The number of nitrogens with one attached hydrogen (secondary N) is 1. The molecule has 1 fully saturated rings. The summed E-state index contributed by atoms with van der Waals surface area (Å²) in [5, 5.41) is 3.44. The number of aryl methyl sites for hydroxylation is 2. The molecule has 0 spiro atoms. The van der Waals surface area contributed by atoms with E-state index in [1.54, 1.807) is 11.1 Å². The van der Waals surface area contributed by atoms with Crippen molar-refractivity contribution in [3.63, 3.8) is 0 Å². The summed E-state index contributed by atoms with van der Waals surface area (Å²) in [5.41, 5.74) is 7.48. The lowest BCUT2D eigenvalue weighted by Gasteiger charge is -2.35. The lowest BCUT2D eigenvalue weighted by molar-refractivity contribution is 0.0240. The van der Waals surface area contributed by atoms with E-state index in [1.165, 1.54) is 23.0 Å². The van der Waals surface area contributed by atoms with Crippen LogP contribution in [0.4, 0.5) is 22.2 Å². The van der Waals surface area contributed by atoms with Gasteiger partial charge >= 0.3 is 6.09 Å². The lowest BCUT2D eigenvalue weighted by atomic mass is 9.99. The first-order chi connectivity index (χ1) is 20.1. The molecule has 2 aromatic carbocycles. The topological polar surface area (TPSA) is 114 Å². The van der Waals surface area contributed by atoms with E-state index in [2.05, 4.69) is 73.5 Å². The number of nitrogens with zero attached hydrogens (tertiary/aromatic N) is 8. The number of fused-ring (bicyclic) bond motifs is 2. The van der Waals surface area contributed by atoms with Crippen LogP contribution < -0.4 is 10.2 Å². The highest BCUT2D eigenvalue weighted by Gasteiger charge is 2.27. The van der Waals surface area contributed by atoms with Crippen LogP contribution in [0.1, 0.15) is 37.5 Å². The van der Waals surface area contributed by atoms with Crippen molar-refractivity contribution in [1.29, 1.82) is 0 Å². The average molecular weight is 566 g/mol. The summed E-state index contributed by atoms with van der Waals surface area (Å²) < 4.78 is 7.55. The zero-order chi connectivity index (χ0) is 29.4. The van der Waals surface area contributed by atoms with E-state index < -0.39 is 5.60 Å². The fourth-order valence-electron chi connectivity index (χ4n) is 5.12. The van der Waals surface area contributed by atoms with Crippen molar-refractivity contribution in [2.45, 2.75) is 39.7 Å². The molecule has 0 saturated carbocycles. The van der Waals surface area contributed by atoms with Crippen molar-refractivity contribution in [2.75, 3.05) is 36.4 Å². The van der Waals surface area contributed by atoms with E-state index in [1.807, 2.05) is 38.7 Å². The summed E-state index contributed by atoms with van der Waals surface area (Å²) in [6.07, 6.45) is 5.61. The molecule has 0 unspecified atom stereocenters. The van der Waals surface area contributed by atoms with E-state index in [-0.39, 0.29) is 6.09 Å². The van der Waals surface area contributed by atoms with Gasteiger partial charge in [-0.2, -0.15) is 0 Å². The monoisotopic (exact) mass is 565 g/mol. The Bertz CT molecular complexity index is 1770. The van der Waals surface area contributed by atoms with Crippen LogP contribution in [-0.2, 0) is 18.2 Å². The zero-order valence-electron chi connectivity index (χ0n) is 24.6. The number of carbonyl (C=O) groups is 1. The van der Waals surface area contributed by atoms with Crippen molar-refractivity contribution in [3.05, 3.63) is 71.9 Å². The van der Waals surface area contributed by atoms with E-state index >= 15 is 0 Å². The number of piperazine rings is 1. The number of imidazole rings is 1. The van der Waals surface area contributed by atoms with Crippen LogP contribution in [0.25, 0.3) is 22.1 Å². The van der Waals surface area contributed by atoms with Crippen molar-refractivity contribution in [3.8, 4) is 0 Å². The summed E-state index contributed by atoms with van der Waals surface area (Å²) in [7, 11) is 2.01. The maximum Gasteiger partial charge on any atom is 0.410 e. The second-order valence-electron chi connectivity index (χ2n) is 11.7. The van der Waals surface area contributed by atoms with Gasteiger partial charge in [0.1, 0.15) is 23.0 Å². The van der Waals surface area contributed by atoms with Crippen molar-refractivity contribution >= 4 is 45.6 Å². The van der Waals surface area contributed by atoms with Gasteiger partial charge in [0.25, 0.3) is 0 Å². The Balaban J connectivity index is 1.16. The van der Waals surface area contributed by atoms with E-state index in [9.17, 15) is 4.79 Å². The van der Waals surface area contributed by atoms with Gasteiger partial charge in [-0.25, -0.2) is 29.7 Å². The smallest absolute Gasteiger partial charge is 0.410 e. The van der Waals surface area contributed by atoms with Crippen molar-refractivity contribution in [1.82, 2.24) is 34.4 Å². The molecule has 42 heavy (non-hydrogen) atoms. The first-order valence-electron chi connectivity index (χ1n) is 14.1. The molecule has 4 heterocycles. The Hall–Kier alpha value is -4.80. The van der Waals surface area contributed by atoms with E-state index in [4.69, 9.17) is 9.72 Å². The quantitative estimate of drug-likeness (QED) is 0.314. The molecule has 1 N–H and O–H groups in total. The number of hydrogen-bond acceptors (Lipinski definition) is 9. The largest absolute Gasteiger partial charge is 0.444 e. The molecule has 216 valence electrons. The maximum atomic E-state index is 12.5. The normalized spacial score (nSPS) is 14.0. The number of benzene rings is 2. The lowest BCUT2D eigenvalue weighted by Crippen LogP contribution is -2.50. The van der Waals surface area contributed by atoms with Gasteiger partial charge in [-0.3, -0.25) is 0 Å². The molecule has 11 nitrogen and oxygen atoms in total. The predicted molar refractivity (Wildman–Crippen MR) is 163 cm³/mol. The Morgan fingerprint density at radius 1 is 0.976 bits per heavy atom. The Kier molecular flexibility index (Phi) is 7.09. The maximum absolute atomic E-state index is 12.5. The minimum atomic E-state index is -0.521. The van der Waals surface area contributed by atoms with Gasteiger partial charge in [-0.05, 0) is 75.1 Å². The minimum Gasteiger partial charge on any atom is -0.444 e. The second-order valence-corrected chi connectivity index (χ2v) is 11.7. The van der Waals surface area contributed by atoms with Gasteiger partial charge in [-0.15, -0.1) is 0 Å². The Labute approximate surface area is 244 Å². The predicted octanol–water partition coefficient (Wildman–Crippen LogP) is 5.01. The zero-order valence-corrected chi connectivity index (χ0v) is 24.6. The molecule has 11 heteroatoms. The van der Waals surface area contributed by atoms with E-state index in [0.717, 1.165) is 23.1 Å². The molecular formula is C31H35N9O2. The highest BCUT2D eigenvalue weighted by molar-refractivity contribution is 5.87. The number of aromatic nitrogens is 6. The summed E-state index contributed by atoms with van der Waals surface area (Å²) in [5.74, 6) is 1.20. The second kappa shape index (κ2) is 10.9. The fraction of sp³-hybridized carbons (Fsp3) is 0.355. The van der Waals surface area contributed by atoms with Crippen LogP contribution in [0.3, 0.4) is 0 Å². The number of hydrogen-bond donors (Lipinski definition) is 1. The molecule has 0 radical (unpaired) electrons. The first kappa shape index (κ1) is 27.4. The minimum absolute atomic E-state index is 0.294. The third kappa shape index (κ3) is 5.81. The van der Waals surface area contributed by atoms with Gasteiger partial charge in [0.05, 0.1) is 23.6 Å². The van der Waals surface area contributed by atoms with E-state index in [0.29, 0.717) is 49.0 Å². The Morgan fingerprint density at radius 2 is 1.79 bits per heavy atom. The van der Waals surface area contributed by atoms with Crippen LogP contribution in [0.5, 0.6) is 0 Å². The number of amides is 1. The van der Waals surface area contributed by atoms with Gasteiger partial charge in [0, 0.05) is 38.9 Å². The molecule has 1 saturated heterocycles. The van der Waals surface area contributed by atoms with Crippen molar-refractivity contribution in [2.24, 2.45) is 7.05 Å². The van der Waals surface area contributed by atoms with Crippen LogP contribution in [0.2, 0.25) is 0 Å². The number of ether oxygens (including phenoxy) is 1. The average Bonchev–Trinajstić information content (AvgIpc) is 3.33. The molecule has 0 aliphatic carbocycles. The van der Waals surface area contributed by atoms with Gasteiger partial charge in [0.15, 0.2) is 5.82 Å². The molecular weight excluding hydrogens is 530 g/mol. The molecule has 6 rings (SSSR count). The molecule has 0 atom stereocenters. The van der Waals surface area contributed by atoms with Gasteiger partial charge < -0.3 is 24.4 Å². The molecule has 0 bridgehead atoms. The third-order valence-corrected chi connectivity index (χ3v) is 7.37. The van der Waals surface area contributed by atoms with Gasteiger partial charge in [0.2, 0.25) is 5.95 Å². The van der Waals surface area contributed by atoms with Crippen LogP contribution >= 0.6 is 0 Å². The molecule has 5 aromatic rings. The first-order valence-corrected chi connectivity index (χ1v) is 14.1. The molecule has 1 aliphatic heterocycles. The van der Waals surface area contributed by atoms with Crippen LogP contribution in [0.15, 0.2) is 55.2 Å². The summed E-state index contributed by atoms with van der Waals surface area (Å²) >= 11 is 0. The highest BCUT2D eigenvalue weighted by atomic mass is 16.6. The van der Waals surface area contributed by atoms with Gasteiger partial charge in [-0.1, -0.05) is 12.1 Å². The number of anilines is 3. The molecule has 1 aliphatic rings. The molecule has 3 aromatic heterocycles. The van der Waals surface area contributed by atoms with Crippen LogP contribution in [-0.4, -0.2) is 72.3 Å². The number of rotatable bonds is 5. The highest BCUT2D eigenvalue weighted by Crippen LogP contribution is 2.26. The standard InChI is InChI=1S/C31H35N9O2/c1-20-14-23(8-7-22(20)15-21-6-9-26-24(16-21)35-19-38(26)5)36-28-27-25(33-18-34-28)17-32-29(37-27)39-10-12-40(13-11-39)30(41)42-31(2,3)4/h6-9,14,16-19H,10-13,15H2,1-5H3,(H,33,34,36). The fourth-order valence-corrected chi connectivity index (χ4v) is 5.12. The summed E-state index contributed by atoms with van der Waals surface area (Å²) in [6, 6.07) is 12.8. The summed E-state index contributed by atoms with van der Waals surface area (Å²) in [4.78, 5) is 39.0. The Morgan fingerprint density at radius 3 is 2.55 bits per heavy atom. The molecule has 1 amide bonds.